The molecule has 1 aliphatic rings. The van der Waals surface area contributed by atoms with Gasteiger partial charge in [0.1, 0.15) is 5.75 Å². The molecule has 0 saturated heterocycles. The molecule has 0 radical (unpaired) electrons. The van der Waals surface area contributed by atoms with Gasteiger partial charge in [0, 0.05) is 29.8 Å². The van der Waals surface area contributed by atoms with Crippen LogP contribution < -0.4 is 15.4 Å². The molecule has 0 bridgehead atoms. The van der Waals surface area contributed by atoms with Crippen molar-refractivity contribution in [1.82, 2.24) is 5.32 Å². The first-order valence-corrected chi connectivity index (χ1v) is 13.8. The lowest BCUT2D eigenvalue weighted by atomic mass is 9.92. The van der Waals surface area contributed by atoms with Crippen molar-refractivity contribution in [2.24, 2.45) is 0 Å². The van der Waals surface area contributed by atoms with Crippen molar-refractivity contribution in [3.05, 3.63) is 107 Å². The van der Waals surface area contributed by atoms with Crippen LogP contribution in [-0.2, 0) is 16.0 Å². The van der Waals surface area contributed by atoms with E-state index in [9.17, 15) is 27.6 Å². The lowest BCUT2D eigenvalue weighted by Crippen LogP contribution is -2.26. The van der Waals surface area contributed by atoms with Gasteiger partial charge in [-0.15, -0.1) is 13.2 Å². The van der Waals surface area contributed by atoms with Gasteiger partial charge < -0.3 is 20.5 Å². The molecule has 0 fully saturated rings. The number of nitrogens with one attached hydrogen (secondary N) is 2. The molecule has 0 aromatic heterocycles. The molecule has 3 aromatic rings. The van der Waals surface area contributed by atoms with E-state index in [1.54, 1.807) is 6.07 Å². The SMILES string of the molecule is O=C(O)CCNC(=O)c1ccc(NC(=O)C(=Cc2cccc(OC(F)(F)F)c2)Cc2ccc(C3=CCCCC3)cc2)cc1. The van der Waals surface area contributed by atoms with Crippen LogP contribution in [-0.4, -0.2) is 35.8 Å². The van der Waals surface area contributed by atoms with Gasteiger partial charge in [0.25, 0.3) is 11.8 Å². The summed E-state index contributed by atoms with van der Waals surface area (Å²) in [5.41, 5.74) is 4.60. The summed E-state index contributed by atoms with van der Waals surface area (Å²) in [4.78, 5) is 36.3. The molecule has 3 aromatic carbocycles. The van der Waals surface area contributed by atoms with Gasteiger partial charge in [0.05, 0.1) is 6.42 Å². The third-order valence-corrected chi connectivity index (χ3v) is 6.76. The van der Waals surface area contributed by atoms with Crippen molar-refractivity contribution in [2.75, 3.05) is 11.9 Å². The zero-order chi connectivity index (χ0) is 30.8. The summed E-state index contributed by atoms with van der Waals surface area (Å²) in [7, 11) is 0. The largest absolute Gasteiger partial charge is 0.573 e. The average Bonchev–Trinajstić information content (AvgIpc) is 2.97. The third kappa shape index (κ3) is 9.88. The predicted octanol–water partition coefficient (Wildman–Crippen LogP) is 7.01. The number of hydrogen-bond acceptors (Lipinski definition) is 4. The van der Waals surface area contributed by atoms with Crippen molar-refractivity contribution in [3.8, 4) is 5.75 Å². The number of hydrogen-bond donors (Lipinski definition) is 3. The molecule has 0 saturated carbocycles. The minimum atomic E-state index is -4.85. The number of amides is 2. The second-order valence-electron chi connectivity index (χ2n) is 10.1. The van der Waals surface area contributed by atoms with Crippen LogP contribution in [0.2, 0.25) is 0 Å². The van der Waals surface area contributed by atoms with Crippen molar-refractivity contribution in [1.29, 1.82) is 0 Å². The van der Waals surface area contributed by atoms with E-state index in [-0.39, 0.29) is 24.9 Å². The number of halogens is 3. The van der Waals surface area contributed by atoms with E-state index < -0.39 is 29.9 Å². The van der Waals surface area contributed by atoms with Crippen molar-refractivity contribution in [2.45, 2.75) is 44.9 Å². The average molecular weight is 593 g/mol. The molecular formula is C33H31F3N2O5. The smallest absolute Gasteiger partial charge is 0.481 e. The molecular weight excluding hydrogens is 561 g/mol. The molecule has 1 aliphatic carbocycles. The van der Waals surface area contributed by atoms with Gasteiger partial charge in [-0.05, 0) is 90.4 Å². The normalized spacial score (nSPS) is 13.6. The van der Waals surface area contributed by atoms with E-state index in [0.717, 1.165) is 30.4 Å². The number of alkyl halides is 3. The summed E-state index contributed by atoms with van der Waals surface area (Å²) < 4.78 is 42.4. The monoisotopic (exact) mass is 592 g/mol. The molecule has 4 rings (SSSR count). The fraction of sp³-hybridized carbons (Fsp3) is 0.242. The molecule has 3 N–H and O–H groups in total. The number of anilines is 1. The Labute approximate surface area is 247 Å². The third-order valence-electron chi connectivity index (χ3n) is 6.76. The molecule has 0 unspecified atom stereocenters. The van der Waals surface area contributed by atoms with Gasteiger partial charge in [0.15, 0.2) is 0 Å². The maximum absolute atomic E-state index is 13.4. The highest BCUT2D eigenvalue weighted by molar-refractivity contribution is 6.07. The summed E-state index contributed by atoms with van der Waals surface area (Å²) in [6.07, 6.45) is 3.32. The minimum Gasteiger partial charge on any atom is -0.481 e. The van der Waals surface area contributed by atoms with Crippen LogP contribution in [0.3, 0.4) is 0 Å². The lowest BCUT2D eigenvalue weighted by Gasteiger charge is -2.14. The highest BCUT2D eigenvalue weighted by Crippen LogP contribution is 2.28. The van der Waals surface area contributed by atoms with Gasteiger partial charge in [-0.1, -0.05) is 42.5 Å². The van der Waals surface area contributed by atoms with Gasteiger partial charge in [-0.25, -0.2) is 0 Å². The molecule has 0 spiro atoms. The van der Waals surface area contributed by atoms with Crippen LogP contribution in [0.4, 0.5) is 18.9 Å². The summed E-state index contributed by atoms with van der Waals surface area (Å²) in [6.45, 7) is -0.0192. The fourth-order valence-electron chi connectivity index (χ4n) is 4.66. The topological polar surface area (TPSA) is 105 Å². The quantitative estimate of drug-likeness (QED) is 0.208. The molecule has 0 heterocycles. The van der Waals surface area contributed by atoms with Crippen LogP contribution in [0.5, 0.6) is 5.75 Å². The lowest BCUT2D eigenvalue weighted by molar-refractivity contribution is -0.274. The fourth-order valence-corrected chi connectivity index (χ4v) is 4.66. The maximum Gasteiger partial charge on any atom is 0.573 e. The van der Waals surface area contributed by atoms with E-state index in [0.29, 0.717) is 16.8 Å². The zero-order valence-corrected chi connectivity index (χ0v) is 23.2. The highest BCUT2D eigenvalue weighted by Gasteiger charge is 2.31. The van der Waals surface area contributed by atoms with E-state index in [4.69, 9.17) is 5.11 Å². The summed E-state index contributed by atoms with van der Waals surface area (Å²) in [6, 6.07) is 19.3. The number of benzene rings is 3. The van der Waals surface area contributed by atoms with Gasteiger partial charge >= 0.3 is 12.3 Å². The Bertz CT molecular complexity index is 1510. The second kappa shape index (κ2) is 14.4. The number of allylic oxidation sites excluding steroid dienone is 2. The van der Waals surface area contributed by atoms with E-state index in [1.165, 1.54) is 60.5 Å². The number of ether oxygens (including phenoxy) is 1. The molecule has 2 amide bonds. The first kappa shape index (κ1) is 31.1. The Morgan fingerprint density at radius 2 is 1.70 bits per heavy atom. The summed E-state index contributed by atoms with van der Waals surface area (Å²) >= 11 is 0. The summed E-state index contributed by atoms with van der Waals surface area (Å²) in [5, 5.41) is 14.0. The zero-order valence-electron chi connectivity index (χ0n) is 23.2. The molecule has 224 valence electrons. The number of carbonyl (C=O) groups is 3. The molecule has 0 aliphatic heterocycles. The Kier molecular flexibility index (Phi) is 10.4. The number of carbonyl (C=O) groups excluding carboxylic acids is 2. The second-order valence-corrected chi connectivity index (χ2v) is 10.1. The van der Waals surface area contributed by atoms with E-state index >= 15 is 0 Å². The van der Waals surface area contributed by atoms with Crippen molar-refractivity contribution >= 4 is 35.1 Å². The van der Waals surface area contributed by atoms with Crippen molar-refractivity contribution in [3.63, 3.8) is 0 Å². The Morgan fingerprint density at radius 3 is 2.35 bits per heavy atom. The van der Waals surface area contributed by atoms with Gasteiger partial charge in [0.2, 0.25) is 0 Å². The van der Waals surface area contributed by atoms with E-state index in [1.807, 2.05) is 24.3 Å². The van der Waals surface area contributed by atoms with Crippen LogP contribution in [0, 0.1) is 0 Å². The van der Waals surface area contributed by atoms with Crippen LogP contribution in [0.1, 0.15) is 59.2 Å². The Balaban J connectivity index is 1.54. The number of rotatable bonds is 11. The first-order valence-electron chi connectivity index (χ1n) is 13.8. The van der Waals surface area contributed by atoms with Gasteiger partial charge in [-0.2, -0.15) is 0 Å². The number of carboxylic acid groups (broad SMARTS) is 1. The molecule has 43 heavy (non-hydrogen) atoms. The molecule has 7 nitrogen and oxygen atoms in total. The predicted molar refractivity (Wildman–Crippen MR) is 157 cm³/mol. The Hall–Kier alpha value is -4.86. The maximum atomic E-state index is 13.4. The highest BCUT2D eigenvalue weighted by atomic mass is 19.4. The molecule has 10 heteroatoms. The minimum absolute atomic E-state index is 0.0192. The summed E-state index contributed by atoms with van der Waals surface area (Å²) in [5.74, 6) is -2.35. The standard InChI is InChI=1S/C33H31F3N2O5/c34-33(35,36)43-29-8-4-5-23(21-29)20-27(19-22-9-11-25(12-10-22)24-6-2-1-3-7-24)32(42)38-28-15-13-26(14-16-28)31(41)37-18-17-30(39)40/h4-6,8-16,20-21H,1-3,7,17-19H2,(H,37,41)(H,38,42)(H,39,40). The Morgan fingerprint density at radius 1 is 0.953 bits per heavy atom. The van der Waals surface area contributed by atoms with Crippen LogP contribution in [0.15, 0.2) is 84.4 Å². The van der Waals surface area contributed by atoms with Crippen molar-refractivity contribution < 1.29 is 37.4 Å². The van der Waals surface area contributed by atoms with E-state index in [2.05, 4.69) is 21.4 Å². The number of aliphatic carboxylic acids is 1. The molecule has 0 atom stereocenters. The van der Waals surface area contributed by atoms with Crippen LogP contribution in [0.25, 0.3) is 11.6 Å². The number of carboxylic acids is 1. The van der Waals surface area contributed by atoms with Crippen LogP contribution >= 0.6 is 0 Å². The van der Waals surface area contributed by atoms with Gasteiger partial charge in [-0.3, -0.25) is 14.4 Å². The first-order chi connectivity index (χ1) is 20.6.